The highest BCUT2D eigenvalue weighted by atomic mass is 19.1. The first kappa shape index (κ1) is 20.6. The van der Waals surface area contributed by atoms with Gasteiger partial charge in [-0.25, -0.2) is 9.07 Å². The van der Waals surface area contributed by atoms with Gasteiger partial charge in [0.2, 0.25) is 0 Å². The summed E-state index contributed by atoms with van der Waals surface area (Å²) in [6.07, 6.45) is 4.36. The van der Waals surface area contributed by atoms with Crippen molar-refractivity contribution >= 4 is 0 Å². The van der Waals surface area contributed by atoms with Gasteiger partial charge in [0.1, 0.15) is 0 Å². The van der Waals surface area contributed by atoms with Crippen LogP contribution < -0.4 is 4.74 Å². The third-order valence-corrected chi connectivity index (χ3v) is 5.81. The lowest BCUT2D eigenvalue weighted by atomic mass is 10.1. The van der Waals surface area contributed by atoms with E-state index in [1.54, 1.807) is 13.2 Å². The highest BCUT2D eigenvalue weighted by molar-refractivity contribution is 5.64. The molecule has 0 aliphatic carbocycles. The van der Waals surface area contributed by atoms with Crippen LogP contribution >= 0.6 is 0 Å². The van der Waals surface area contributed by atoms with Crippen LogP contribution in [-0.2, 0) is 11.3 Å². The van der Waals surface area contributed by atoms with Gasteiger partial charge in [0, 0.05) is 37.0 Å². The van der Waals surface area contributed by atoms with E-state index in [0.717, 1.165) is 60.6 Å². The number of hydrogen-bond acceptors (Lipinski definition) is 4. The smallest absolute Gasteiger partial charge is 0.165 e. The number of ether oxygens (including phenoxy) is 2. The van der Waals surface area contributed by atoms with Gasteiger partial charge in [0.25, 0.3) is 0 Å². The minimum absolute atomic E-state index is 0.235. The number of benzene rings is 2. The summed E-state index contributed by atoms with van der Waals surface area (Å²) < 4.78 is 26.8. The zero-order chi connectivity index (χ0) is 21.1. The van der Waals surface area contributed by atoms with Gasteiger partial charge in [0.15, 0.2) is 11.6 Å². The third-order valence-electron chi connectivity index (χ3n) is 5.81. The molecule has 1 aromatic heterocycles. The van der Waals surface area contributed by atoms with Crippen LogP contribution in [0.25, 0.3) is 16.9 Å². The topological polar surface area (TPSA) is 39.5 Å². The predicted molar refractivity (Wildman–Crippen MR) is 116 cm³/mol. The summed E-state index contributed by atoms with van der Waals surface area (Å²) in [5.74, 6) is -0.150. The first-order valence-electron chi connectivity index (χ1n) is 10.3. The molecule has 158 valence electrons. The molecule has 0 N–H and O–H groups in total. The summed E-state index contributed by atoms with van der Waals surface area (Å²) in [5, 5.41) is 4.87. The Morgan fingerprint density at radius 1 is 1.17 bits per heavy atom. The number of halogens is 1. The Morgan fingerprint density at radius 3 is 2.73 bits per heavy atom. The molecule has 0 bridgehead atoms. The summed E-state index contributed by atoms with van der Waals surface area (Å²) in [5.41, 5.74) is 4.78. The molecular formula is C24H28FN3O2. The second-order valence-corrected chi connectivity index (χ2v) is 7.81. The van der Waals surface area contributed by atoms with Crippen LogP contribution in [0, 0.1) is 12.7 Å². The average molecular weight is 410 g/mol. The summed E-state index contributed by atoms with van der Waals surface area (Å²) in [6, 6.07) is 13.6. The van der Waals surface area contributed by atoms with Crippen LogP contribution in [0.4, 0.5) is 4.39 Å². The second kappa shape index (κ2) is 8.98. The molecule has 0 saturated carbocycles. The van der Waals surface area contributed by atoms with Crippen molar-refractivity contribution < 1.29 is 13.9 Å². The van der Waals surface area contributed by atoms with Crippen molar-refractivity contribution in [1.82, 2.24) is 14.7 Å². The highest BCUT2D eigenvalue weighted by Crippen LogP contribution is 2.31. The van der Waals surface area contributed by atoms with Crippen molar-refractivity contribution in [3.63, 3.8) is 0 Å². The zero-order valence-corrected chi connectivity index (χ0v) is 17.8. The van der Waals surface area contributed by atoms with Crippen molar-refractivity contribution in [2.24, 2.45) is 0 Å². The van der Waals surface area contributed by atoms with Crippen molar-refractivity contribution in [3.8, 4) is 22.7 Å². The number of nitrogens with zero attached hydrogens (tertiary/aromatic N) is 3. The van der Waals surface area contributed by atoms with E-state index in [2.05, 4.69) is 24.1 Å². The number of methoxy groups -OCH3 is 2. The lowest BCUT2D eigenvalue weighted by molar-refractivity contribution is 0.112. The molecule has 2 aromatic carbocycles. The average Bonchev–Trinajstić information content (AvgIpc) is 3.36. The summed E-state index contributed by atoms with van der Waals surface area (Å²) in [7, 11) is 3.22. The maximum atomic E-state index is 14.4. The van der Waals surface area contributed by atoms with Gasteiger partial charge >= 0.3 is 0 Å². The highest BCUT2D eigenvalue weighted by Gasteiger charge is 2.26. The summed E-state index contributed by atoms with van der Waals surface area (Å²) in [4.78, 5) is 2.44. The van der Waals surface area contributed by atoms with Crippen molar-refractivity contribution in [1.29, 1.82) is 0 Å². The summed E-state index contributed by atoms with van der Waals surface area (Å²) in [6.45, 7) is 4.57. The van der Waals surface area contributed by atoms with Gasteiger partial charge in [-0.3, -0.25) is 4.90 Å². The van der Waals surface area contributed by atoms with Crippen molar-refractivity contribution in [2.75, 3.05) is 27.4 Å². The molecule has 0 amide bonds. The standard InChI is InChI=1S/C24H28FN3O2/c1-17-7-4-5-9-22(17)28-15-19(14-27-12-6-8-20(27)16-29-2)24(26-28)18-10-11-23(30-3)21(25)13-18/h4-5,7,9-11,13,15,20H,6,8,12,14,16H2,1-3H3/t20-/m0/s1. The van der Waals surface area contributed by atoms with Gasteiger partial charge in [-0.1, -0.05) is 18.2 Å². The molecule has 0 spiro atoms. The lowest BCUT2D eigenvalue weighted by Gasteiger charge is -2.23. The van der Waals surface area contributed by atoms with E-state index < -0.39 is 0 Å². The van der Waals surface area contributed by atoms with E-state index in [1.165, 1.54) is 13.2 Å². The van der Waals surface area contributed by atoms with E-state index in [-0.39, 0.29) is 11.6 Å². The fraction of sp³-hybridized carbons (Fsp3) is 0.375. The first-order valence-corrected chi connectivity index (χ1v) is 10.3. The molecule has 1 aliphatic heterocycles. The quantitative estimate of drug-likeness (QED) is 0.572. The Kier molecular flexibility index (Phi) is 6.16. The summed E-state index contributed by atoms with van der Waals surface area (Å²) >= 11 is 0. The molecule has 1 fully saturated rings. The van der Waals surface area contributed by atoms with Gasteiger partial charge in [-0.2, -0.15) is 5.10 Å². The van der Waals surface area contributed by atoms with E-state index >= 15 is 0 Å². The molecule has 0 unspecified atom stereocenters. The molecule has 1 aliphatic rings. The molecule has 5 nitrogen and oxygen atoms in total. The Morgan fingerprint density at radius 2 is 2.00 bits per heavy atom. The minimum Gasteiger partial charge on any atom is -0.494 e. The van der Waals surface area contributed by atoms with Gasteiger partial charge in [0.05, 0.1) is 25.1 Å². The van der Waals surface area contributed by atoms with E-state index in [1.807, 2.05) is 28.9 Å². The van der Waals surface area contributed by atoms with E-state index in [0.29, 0.717) is 6.04 Å². The maximum absolute atomic E-state index is 14.4. The molecule has 3 aromatic rings. The minimum atomic E-state index is -0.384. The number of hydrogen-bond donors (Lipinski definition) is 0. The Bertz CT molecular complexity index is 1020. The molecule has 2 heterocycles. The second-order valence-electron chi connectivity index (χ2n) is 7.81. The van der Waals surface area contributed by atoms with Crippen LogP contribution in [0.2, 0.25) is 0 Å². The Balaban J connectivity index is 1.75. The van der Waals surface area contributed by atoms with Crippen molar-refractivity contribution in [2.45, 2.75) is 32.4 Å². The fourth-order valence-corrected chi connectivity index (χ4v) is 4.23. The van der Waals surface area contributed by atoms with Crippen LogP contribution in [0.1, 0.15) is 24.0 Å². The van der Waals surface area contributed by atoms with Crippen LogP contribution in [0.3, 0.4) is 0 Å². The van der Waals surface area contributed by atoms with Gasteiger partial charge < -0.3 is 9.47 Å². The molecule has 6 heteroatoms. The largest absolute Gasteiger partial charge is 0.494 e. The number of rotatable bonds is 7. The number of aryl methyl sites for hydroxylation is 1. The Labute approximate surface area is 177 Å². The first-order chi connectivity index (χ1) is 14.6. The van der Waals surface area contributed by atoms with E-state index in [9.17, 15) is 4.39 Å². The molecule has 1 saturated heterocycles. The van der Waals surface area contributed by atoms with Gasteiger partial charge in [-0.15, -0.1) is 0 Å². The molecule has 4 rings (SSSR count). The monoisotopic (exact) mass is 409 g/mol. The van der Waals surface area contributed by atoms with Crippen molar-refractivity contribution in [3.05, 3.63) is 65.6 Å². The fourth-order valence-electron chi connectivity index (χ4n) is 4.23. The predicted octanol–water partition coefficient (Wildman–Crippen LogP) is 4.61. The maximum Gasteiger partial charge on any atom is 0.165 e. The molecular weight excluding hydrogens is 381 g/mol. The Hall–Kier alpha value is -2.70. The number of para-hydroxylation sites is 1. The van der Waals surface area contributed by atoms with Crippen LogP contribution in [0.5, 0.6) is 5.75 Å². The number of likely N-dealkylation sites (tertiary alicyclic amines) is 1. The van der Waals surface area contributed by atoms with Crippen LogP contribution in [0.15, 0.2) is 48.7 Å². The zero-order valence-electron chi connectivity index (χ0n) is 17.8. The third kappa shape index (κ3) is 4.11. The molecule has 0 radical (unpaired) electrons. The SMILES string of the molecule is COC[C@@H]1CCCN1Cc1cn(-c2ccccc2C)nc1-c1ccc(OC)c(F)c1. The normalized spacial score (nSPS) is 16.9. The number of aromatic nitrogens is 2. The van der Waals surface area contributed by atoms with Crippen LogP contribution in [-0.4, -0.2) is 48.1 Å². The lowest BCUT2D eigenvalue weighted by Crippen LogP contribution is -2.32. The molecule has 1 atom stereocenters. The molecule has 30 heavy (non-hydrogen) atoms. The van der Waals surface area contributed by atoms with E-state index in [4.69, 9.17) is 14.6 Å². The van der Waals surface area contributed by atoms with Gasteiger partial charge in [-0.05, 0) is 56.1 Å².